The van der Waals surface area contributed by atoms with Gasteiger partial charge in [0.1, 0.15) is 5.82 Å². The van der Waals surface area contributed by atoms with Crippen LogP contribution in [0.1, 0.15) is 38.7 Å². The molecule has 0 saturated heterocycles. The van der Waals surface area contributed by atoms with Gasteiger partial charge >= 0.3 is 0 Å². The molecule has 1 amide bonds. The van der Waals surface area contributed by atoms with Crippen molar-refractivity contribution in [2.45, 2.75) is 40.0 Å². The SMILES string of the molecule is CCCCC(C)C(=O)Nc1ncc(N)cc1C. The molecule has 4 nitrogen and oxygen atoms in total. The van der Waals surface area contributed by atoms with Gasteiger partial charge in [-0.15, -0.1) is 0 Å². The van der Waals surface area contributed by atoms with Crippen molar-refractivity contribution in [2.24, 2.45) is 5.92 Å². The van der Waals surface area contributed by atoms with Crippen molar-refractivity contribution in [1.82, 2.24) is 4.98 Å². The number of nitrogens with zero attached hydrogens (tertiary/aromatic N) is 1. The zero-order valence-electron chi connectivity index (χ0n) is 10.8. The van der Waals surface area contributed by atoms with Gasteiger partial charge in [0.2, 0.25) is 5.91 Å². The van der Waals surface area contributed by atoms with Crippen LogP contribution in [0.4, 0.5) is 11.5 Å². The molecule has 0 spiro atoms. The molecular weight excluding hydrogens is 214 g/mol. The van der Waals surface area contributed by atoms with Gasteiger partial charge in [-0.05, 0) is 25.0 Å². The van der Waals surface area contributed by atoms with E-state index < -0.39 is 0 Å². The number of aryl methyl sites for hydroxylation is 1. The molecule has 3 N–H and O–H groups in total. The molecule has 0 aliphatic rings. The van der Waals surface area contributed by atoms with Gasteiger partial charge in [0, 0.05) is 5.92 Å². The number of unbranched alkanes of at least 4 members (excludes halogenated alkanes) is 1. The molecule has 0 bridgehead atoms. The number of amides is 1. The third kappa shape index (κ3) is 4.06. The zero-order valence-corrected chi connectivity index (χ0v) is 10.8. The van der Waals surface area contributed by atoms with Crippen molar-refractivity contribution in [3.63, 3.8) is 0 Å². The fourth-order valence-electron chi connectivity index (χ4n) is 1.61. The summed E-state index contributed by atoms with van der Waals surface area (Å²) >= 11 is 0. The number of nitrogens with two attached hydrogens (primary N) is 1. The van der Waals surface area contributed by atoms with Gasteiger partial charge in [-0.1, -0.05) is 26.7 Å². The molecule has 0 aliphatic heterocycles. The van der Waals surface area contributed by atoms with Crippen molar-refractivity contribution >= 4 is 17.4 Å². The normalized spacial score (nSPS) is 12.2. The number of hydrogen-bond acceptors (Lipinski definition) is 3. The first-order chi connectivity index (χ1) is 8.04. The summed E-state index contributed by atoms with van der Waals surface area (Å²) in [5, 5.41) is 2.84. The van der Waals surface area contributed by atoms with E-state index >= 15 is 0 Å². The van der Waals surface area contributed by atoms with E-state index in [9.17, 15) is 4.79 Å². The highest BCUT2D eigenvalue weighted by Crippen LogP contribution is 2.16. The maximum absolute atomic E-state index is 11.9. The minimum absolute atomic E-state index is 0.0219. The van der Waals surface area contributed by atoms with Crippen molar-refractivity contribution in [3.8, 4) is 0 Å². The quantitative estimate of drug-likeness (QED) is 0.824. The molecule has 0 radical (unpaired) electrons. The molecular formula is C13H21N3O. The summed E-state index contributed by atoms with van der Waals surface area (Å²) in [7, 11) is 0. The highest BCUT2D eigenvalue weighted by atomic mass is 16.1. The molecule has 1 aromatic rings. The first-order valence-electron chi connectivity index (χ1n) is 6.07. The van der Waals surface area contributed by atoms with Gasteiger partial charge in [-0.25, -0.2) is 4.98 Å². The van der Waals surface area contributed by atoms with Crippen LogP contribution in [-0.2, 0) is 4.79 Å². The Bertz CT molecular complexity index is 390. The van der Waals surface area contributed by atoms with E-state index in [0.717, 1.165) is 24.8 Å². The van der Waals surface area contributed by atoms with Crippen LogP contribution in [0.15, 0.2) is 12.3 Å². The standard InChI is InChI=1S/C13H21N3O/c1-4-5-6-9(2)13(17)16-12-10(3)7-11(14)8-15-12/h7-9H,4-6,14H2,1-3H3,(H,15,16,17). The van der Waals surface area contributed by atoms with Gasteiger partial charge < -0.3 is 11.1 Å². The Labute approximate surface area is 103 Å². The molecule has 1 rings (SSSR count). The van der Waals surface area contributed by atoms with Crippen LogP contribution in [0, 0.1) is 12.8 Å². The smallest absolute Gasteiger partial charge is 0.228 e. The maximum atomic E-state index is 11.9. The van der Waals surface area contributed by atoms with E-state index in [2.05, 4.69) is 17.2 Å². The number of carbonyl (C=O) groups is 1. The summed E-state index contributed by atoms with van der Waals surface area (Å²) in [6.45, 7) is 5.95. The second kappa shape index (κ2) is 6.23. The Balaban J connectivity index is 2.61. The summed E-state index contributed by atoms with van der Waals surface area (Å²) in [6.07, 6.45) is 4.65. The van der Waals surface area contributed by atoms with Gasteiger partial charge in [0.05, 0.1) is 11.9 Å². The lowest BCUT2D eigenvalue weighted by Gasteiger charge is -2.12. The largest absolute Gasteiger partial charge is 0.397 e. The summed E-state index contributed by atoms with van der Waals surface area (Å²) in [4.78, 5) is 16.0. The topological polar surface area (TPSA) is 68.0 Å². The highest BCUT2D eigenvalue weighted by Gasteiger charge is 2.13. The van der Waals surface area contributed by atoms with E-state index in [-0.39, 0.29) is 11.8 Å². The molecule has 1 heterocycles. The molecule has 4 heteroatoms. The van der Waals surface area contributed by atoms with Gasteiger partial charge in [0.15, 0.2) is 0 Å². The number of rotatable bonds is 5. The van der Waals surface area contributed by atoms with Crippen molar-refractivity contribution < 1.29 is 4.79 Å². The number of hydrogen-bond donors (Lipinski definition) is 2. The average molecular weight is 235 g/mol. The third-order valence-electron chi connectivity index (χ3n) is 2.78. The second-order valence-corrected chi connectivity index (χ2v) is 4.47. The van der Waals surface area contributed by atoms with Crippen LogP contribution in [-0.4, -0.2) is 10.9 Å². The maximum Gasteiger partial charge on any atom is 0.228 e. The Morgan fingerprint density at radius 2 is 2.29 bits per heavy atom. The van der Waals surface area contributed by atoms with Crippen LogP contribution in [0.25, 0.3) is 0 Å². The number of aromatic nitrogens is 1. The summed E-state index contributed by atoms with van der Waals surface area (Å²) < 4.78 is 0. The van der Waals surface area contributed by atoms with Gasteiger partial charge in [-0.2, -0.15) is 0 Å². The summed E-state index contributed by atoms with van der Waals surface area (Å²) in [6, 6.07) is 1.80. The average Bonchev–Trinajstić information content (AvgIpc) is 2.29. The minimum Gasteiger partial charge on any atom is -0.397 e. The van der Waals surface area contributed by atoms with Crippen molar-refractivity contribution in [2.75, 3.05) is 11.1 Å². The number of carbonyl (C=O) groups excluding carboxylic acids is 1. The minimum atomic E-state index is 0.0219. The van der Waals surface area contributed by atoms with Crippen LogP contribution >= 0.6 is 0 Å². The Hall–Kier alpha value is -1.58. The van der Waals surface area contributed by atoms with Crippen LogP contribution in [0.2, 0.25) is 0 Å². The first-order valence-corrected chi connectivity index (χ1v) is 6.07. The Kier molecular flexibility index (Phi) is 4.94. The van der Waals surface area contributed by atoms with E-state index in [1.54, 1.807) is 12.3 Å². The lowest BCUT2D eigenvalue weighted by atomic mass is 10.0. The second-order valence-electron chi connectivity index (χ2n) is 4.47. The molecule has 94 valence electrons. The third-order valence-corrected chi connectivity index (χ3v) is 2.78. The number of pyridine rings is 1. The fraction of sp³-hybridized carbons (Fsp3) is 0.538. The molecule has 0 aliphatic carbocycles. The van der Waals surface area contributed by atoms with Gasteiger partial charge in [-0.3, -0.25) is 4.79 Å². The van der Waals surface area contributed by atoms with Crippen molar-refractivity contribution in [3.05, 3.63) is 17.8 Å². The number of nitrogen functional groups attached to an aromatic ring is 1. The van der Waals surface area contributed by atoms with E-state index in [4.69, 9.17) is 5.73 Å². The molecule has 1 aromatic heterocycles. The molecule has 17 heavy (non-hydrogen) atoms. The monoisotopic (exact) mass is 235 g/mol. The zero-order chi connectivity index (χ0) is 12.8. The lowest BCUT2D eigenvalue weighted by Crippen LogP contribution is -2.21. The molecule has 0 aromatic carbocycles. The van der Waals surface area contributed by atoms with Crippen molar-refractivity contribution in [1.29, 1.82) is 0 Å². The molecule has 1 atom stereocenters. The van der Waals surface area contributed by atoms with E-state index in [1.807, 2.05) is 13.8 Å². The van der Waals surface area contributed by atoms with Gasteiger partial charge in [0.25, 0.3) is 0 Å². The van der Waals surface area contributed by atoms with Crippen LogP contribution < -0.4 is 11.1 Å². The fourth-order valence-corrected chi connectivity index (χ4v) is 1.61. The molecule has 0 fully saturated rings. The predicted molar refractivity (Wildman–Crippen MR) is 70.7 cm³/mol. The van der Waals surface area contributed by atoms with Crippen LogP contribution in [0.5, 0.6) is 0 Å². The Morgan fingerprint density at radius 3 is 2.88 bits per heavy atom. The molecule has 0 saturated carbocycles. The highest BCUT2D eigenvalue weighted by molar-refractivity contribution is 5.92. The van der Waals surface area contributed by atoms with Crippen LogP contribution in [0.3, 0.4) is 0 Å². The van der Waals surface area contributed by atoms with E-state index in [0.29, 0.717) is 11.5 Å². The predicted octanol–water partition coefficient (Wildman–Crippen LogP) is 2.74. The number of nitrogens with one attached hydrogen (secondary N) is 1. The Morgan fingerprint density at radius 1 is 1.59 bits per heavy atom. The number of anilines is 2. The molecule has 1 unspecified atom stereocenters. The summed E-state index contributed by atoms with van der Waals surface area (Å²) in [5.74, 6) is 0.653. The lowest BCUT2D eigenvalue weighted by molar-refractivity contribution is -0.119. The first kappa shape index (κ1) is 13.5. The summed E-state index contributed by atoms with van der Waals surface area (Å²) in [5.41, 5.74) is 7.11. The van der Waals surface area contributed by atoms with E-state index in [1.165, 1.54) is 0 Å².